The molecule has 0 radical (unpaired) electrons. The van der Waals surface area contributed by atoms with Gasteiger partial charge in [0.15, 0.2) is 0 Å². The van der Waals surface area contributed by atoms with Crippen molar-refractivity contribution in [3.8, 4) is 0 Å². The molecule has 126 valence electrons. The number of pyridine rings is 1. The van der Waals surface area contributed by atoms with E-state index in [9.17, 15) is 4.79 Å². The van der Waals surface area contributed by atoms with E-state index < -0.39 is 6.04 Å². The van der Waals surface area contributed by atoms with Crippen LogP contribution in [-0.4, -0.2) is 37.2 Å². The number of amides is 1. The summed E-state index contributed by atoms with van der Waals surface area (Å²) >= 11 is 0. The van der Waals surface area contributed by atoms with Gasteiger partial charge in [0.2, 0.25) is 5.91 Å². The summed E-state index contributed by atoms with van der Waals surface area (Å²) in [4.78, 5) is 18.8. The lowest BCUT2D eigenvalue weighted by molar-refractivity contribution is -0.122. The molecule has 2 aromatic rings. The van der Waals surface area contributed by atoms with Crippen LogP contribution < -0.4 is 16.0 Å². The van der Waals surface area contributed by atoms with Crippen LogP contribution in [-0.2, 0) is 16.1 Å². The summed E-state index contributed by atoms with van der Waals surface area (Å²) in [6.45, 7) is 3.53. The standard InChI is InChI=1S/C18H22N4O2/c19-17(15-4-2-1-3-5-15)18(23)21-13-14-6-7-20-16(12-14)22-8-10-24-11-9-22/h1-7,12,17H,8-11,13,19H2,(H,21,23). The quantitative estimate of drug-likeness (QED) is 0.864. The predicted octanol–water partition coefficient (Wildman–Crippen LogP) is 1.23. The molecular weight excluding hydrogens is 304 g/mol. The fourth-order valence-electron chi connectivity index (χ4n) is 2.65. The summed E-state index contributed by atoms with van der Waals surface area (Å²) in [6, 6.07) is 12.6. The highest BCUT2D eigenvalue weighted by atomic mass is 16.5. The number of ether oxygens (including phenoxy) is 1. The number of benzene rings is 1. The van der Waals surface area contributed by atoms with E-state index in [4.69, 9.17) is 10.5 Å². The highest BCUT2D eigenvalue weighted by Crippen LogP contribution is 2.15. The third-order valence-electron chi connectivity index (χ3n) is 4.05. The Morgan fingerprint density at radius 3 is 2.75 bits per heavy atom. The first-order valence-electron chi connectivity index (χ1n) is 8.10. The van der Waals surface area contributed by atoms with Crippen LogP contribution in [0.2, 0.25) is 0 Å². The molecule has 1 atom stereocenters. The monoisotopic (exact) mass is 326 g/mol. The third kappa shape index (κ3) is 4.10. The molecular formula is C18H22N4O2. The lowest BCUT2D eigenvalue weighted by Crippen LogP contribution is -2.37. The smallest absolute Gasteiger partial charge is 0.241 e. The van der Waals surface area contributed by atoms with Gasteiger partial charge in [-0.1, -0.05) is 30.3 Å². The molecule has 0 aliphatic carbocycles. The van der Waals surface area contributed by atoms with Crippen molar-refractivity contribution in [1.29, 1.82) is 0 Å². The zero-order valence-corrected chi connectivity index (χ0v) is 13.5. The molecule has 1 amide bonds. The summed E-state index contributed by atoms with van der Waals surface area (Å²) in [5.74, 6) is 0.725. The summed E-state index contributed by atoms with van der Waals surface area (Å²) in [5, 5.41) is 2.89. The van der Waals surface area contributed by atoms with Gasteiger partial charge in [-0.3, -0.25) is 4.79 Å². The first kappa shape index (κ1) is 16.4. The Morgan fingerprint density at radius 1 is 1.25 bits per heavy atom. The van der Waals surface area contributed by atoms with Crippen molar-refractivity contribution in [2.24, 2.45) is 5.73 Å². The number of nitrogens with zero attached hydrogens (tertiary/aromatic N) is 2. The summed E-state index contributed by atoms with van der Waals surface area (Å²) < 4.78 is 5.36. The Morgan fingerprint density at radius 2 is 2.00 bits per heavy atom. The van der Waals surface area contributed by atoms with Gasteiger partial charge in [0.25, 0.3) is 0 Å². The Balaban J connectivity index is 1.59. The van der Waals surface area contributed by atoms with Crippen LogP contribution in [0, 0.1) is 0 Å². The second kappa shape index (κ2) is 7.90. The Hall–Kier alpha value is -2.44. The second-order valence-corrected chi connectivity index (χ2v) is 5.73. The minimum absolute atomic E-state index is 0.189. The van der Waals surface area contributed by atoms with E-state index in [1.165, 1.54) is 0 Å². The van der Waals surface area contributed by atoms with Gasteiger partial charge in [-0.2, -0.15) is 0 Å². The molecule has 6 heteroatoms. The SMILES string of the molecule is NC(C(=O)NCc1ccnc(N2CCOCC2)c1)c1ccccc1. The van der Waals surface area contributed by atoms with Gasteiger partial charge in [-0.05, 0) is 23.3 Å². The Bertz CT molecular complexity index is 672. The lowest BCUT2D eigenvalue weighted by Gasteiger charge is -2.28. The molecule has 1 saturated heterocycles. The third-order valence-corrected chi connectivity index (χ3v) is 4.05. The van der Waals surface area contributed by atoms with Crippen LogP contribution in [0.3, 0.4) is 0 Å². The van der Waals surface area contributed by atoms with E-state index in [0.717, 1.165) is 30.0 Å². The fraction of sp³-hybridized carbons (Fsp3) is 0.333. The minimum atomic E-state index is -0.660. The molecule has 1 aromatic carbocycles. The first-order valence-corrected chi connectivity index (χ1v) is 8.10. The molecule has 1 aliphatic rings. The molecule has 0 saturated carbocycles. The maximum Gasteiger partial charge on any atom is 0.241 e. The molecule has 0 spiro atoms. The van der Waals surface area contributed by atoms with Gasteiger partial charge in [0.1, 0.15) is 11.9 Å². The van der Waals surface area contributed by atoms with Crippen molar-refractivity contribution >= 4 is 11.7 Å². The zero-order chi connectivity index (χ0) is 16.8. The lowest BCUT2D eigenvalue weighted by atomic mass is 10.1. The molecule has 1 fully saturated rings. The number of hydrogen-bond acceptors (Lipinski definition) is 5. The minimum Gasteiger partial charge on any atom is -0.378 e. The molecule has 1 aliphatic heterocycles. The average molecular weight is 326 g/mol. The number of anilines is 1. The average Bonchev–Trinajstić information content (AvgIpc) is 2.67. The number of aromatic nitrogens is 1. The van der Waals surface area contributed by atoms with Crippen LogP contribution in [0.25, 0.3) is 0 Å². The van der Waals surface area contributed by atoms with Crippen LogP contribution in [0.4, 0.5) is 5.82 Å². The maximum atomic E-state index is 12.2. The van der Waals surface area contributed by atoms with E-state index in [1.54, 1.807) is 6.20 Å². The highest BCUT2D eigenvalue weighted by molar-refractivity contribution is 5.82. The van der Waals surface area contributed by atoms with Crippen molar-refractivity contribution in [3.05, 3.63) is 59.8 Å². The first-order chi connectivity index (χ1) is 11.7. The predicted molar refractivity (Wildman–Crippen MR) is 92.5 cm³/mol. The van der Waals surface area contributed by atoms with E-state index in [0.29, 0.717) is 19.8 Å². The fourth-order valence-corrected chi connectivity index (χ4v) is 2.65. The van der Waals surface area contributed by atoms with E-state index in [1.807, 2.05) is 42.5 Å². The van der Waals surface area contributed by atoms with Gasteiger partial charge in [0, 0.05) is 25.8 Å². The van der Waals surface area contributed by atoms with Crippen molar-refractivity contribution in [2.45, 2.75) is 12.6 Å². The maximum absolute atomic E-state index is 12.2. The van der Waals surface area contributed by atoms with Gasteiger partial charge in [-0.25, -0.2) is 4.98 Å². The van der Waals surface area contributed by atoms with Crippen LogP contribution in [0.5, 0.6) is 0 Å². The number of carbonyl (C=O) groups is 1. The molecule has 24 heavy (non-hydrogen) atoms. The molecule has 3 rings (SSSR count). The molecule has 1 unspecified atom stereocenters. The Kier molecular flexibility index (Phi) is 5.40. The molecule has 3 N–H and O–H groups in total. The Labute approximate surface area is 141 Å². The topological polar surface area (TPSA) is 80.5 Å². The number of nitrogens with one attached hydrogen (secondary N) is 1. The summed E-state index contributed by atoms with van der Waals surface area (Å²) in [5.41, 5.74) is 7.81. The van der Waals surface area contributed by atoms with Crippen molar-refractivity contribution in [3.63, 3.8) is 0 Å². The van der Waals surface area contributed by atoms with Gasteiger partial charge in [0.05, 0.1) is 13.2 Å². The van der Waals surface area contributed by atoms with Gasteiger partial charge >= 0.3 is 0 Å². The summed E-state index contributed by atoms with van der Waals surface area (Å²) in [7, 11) is 0. The number of hydrogen-bond donors (Lipinski definition) is 2. The van der Waals surface area contributed by atoms with Crippen LogP contribution >= 0.6 is 0 Å². The second-order valence-electron chi connectivity index (χ2n) is 5.73. The normalized spacial score (nSPS) is 15.8. The van der Waals surface area contributed by atoms with Crippen molar-refractivity contribution < 1.29 is 9.53 Å². The van der Waals surface area contributed by atoms with E-state index >= 15 is 0 Å². The number of nitrogens with two attached hydrogens (primary N) is 1. The highest BCUT2D eigenvalue weighted by Gasteiger charge is 2.16. The van der Waals surface area contributed by atoms with Gasteiger partial charge in [-0.15, -0.1) is 0 Å². The summed E-state index contributed by atoms with van der Waals surface area (Å²) in [6.07, 6.45) is 1.77. The van der Waals surface area contributed by atoms with Crippen LogP contribution in [0.15, 0.2) is 48.7 Å². The molecule has 6 nitrogen and oxygen atoms in total. The van der Waals surface area contributed by atoms with Crippen molar-refractivity contribution in [2.75, 3.05) is 31.2 Å². The largest absolute Gasteiger partial charge is 0.378 e. The van der Waals surface area contributed by atoms with Gasteiger partial charge < -0.3 is 20.7 Å². The van der Waals surface area contributed by atoms with Crippen molar-refractivity contribution in [1.82, 2.24) is 10.3 Å². The van der Waals surface area contributed by atoms with Crippen LogP contribution in [0.1, 0.15) is 17.2 Å². The zero-order valence-electron chi connectivity index (χ0n) is 13.5. The van der Waals surface area contributed by atoms with E-state index in [2.05, 4.69) is 15.2 Å². The number of carbonyl (C=O) groups excluding carboxylic acids is 1. The van der Waals surface area contributed by atoms with E-state index in [-0.39, 0.29) is 5.91 Å². The molecule has 0 bridgehead atoms. The molecule has 2 heterocycles. The molecule has 1 aromatic heterocycles. The number of rotatable bonds is 5. The number of morpholine rings is 1.